The Bertz CT molecular complexity index is 1290. The molecule has 1 N–H and O–H groups in total. The van der Waals surface area contributed by atoms with Crippen molar-refractivity contribution in [1.82, 2.24) is 4.90 Å². The van der Waals surface area contributed by atoms with Crippen molar-refractivity contribution in [3.05, 3.63) is 88.3 Å². The van der Waals surface area contributed by atoms with E-state index in [1.54, 1.807) is 4.90 Å². The number of carbonyl (C=O) groups excluding carboxylic acids is 2. The van der Waals surface area contributed by atoms with Gasteiger partial charge in [-0.25, -0.2) is 0 Å². The lowest BCUT2D eigenvalue weighted by Crippen LogP contribution is -2.45. The highest BCUT2D eigenvalue weighted by Gasteiger charge is 2.49. The Morgan fingerprint density at radius 3 is 1.87 bits per heavy atom. The third-order valence-electron chi connectivity index (χ3n) is 7.78. The maximum Gasteiger partial charge on any atom is 0.323 e. The Morgan fingerprint density at radius 2 is 1.37 bits per heavy atom. The van der Waals surface area contributed by atoms with Crippen molar-refractivity contribution < 1.29 is 24.2 Å². The number of hydrogen-bond acceptors (Lipinski definition) is 5. The molecule has 38 heavy (non-hydrogen) atoms. The molecule has 5 rings (SSSR count). The van der Waals surface area contributed by atoms with Crippen LogP contribution in [0.25, 0.3) is 0 Å². The number of nitrogens with zero attached hydrogens (tertiary/aromatic N) is 1. The summed E-state index contributed by atoms with van der Waals surface area (Å²) in [6, 6.07) is 17.6. The van der Waals surface area contributed by atoms with Gasteiger partial charge in [-0.2, -0.15) is 0 Å². The fraction of sp³-hybridized carbons (Fsp3) is 0.406. The smallest absolute Gasteiger partial charge is 0.323 e. The van der Waals surface area contributed by atoms with E-state index in [4.69, 9.17) is 4.74 Å². The van der Waals surface area contributed by atoms with Crippen LogP contribution in [0.2, 0.25) is 0 Å². The lowest BCUT2D eigenvalue weighted by molar-refractivity contribution is -0.138. The molecule has 0 atom stereocenters. The summed E-state index contributed by atoms with van der Waals surface area (Å²) < 4.78 is 5.97. The summed E-state index contributed by atoms with van der Waals surface area (Å²) in [5.74, 6) is -0.791. The number of benzene rings is 2. The minimum Gasteiger partial charge on any atom is -0.489 e. The Kier molecular flexibility index (Phi) is 6.54. The number of aliphatic carboxylic acids is 1. The van der Waals surface area contributed by atoms with Crippen LogP contribution in [0.4, 0.5) is 0 Å². The highest BCUT2D eigenvalue weighted by atomic mass is 16.5. The van der Waals surface area contributed by atoms with Crippen molar-refractivity contribution in [2.45, 2.75) is 65.9 Å². The van der Waals surface area contributed by atoms with Crippen LogP contribution in [0.3, 0.4) is 0 Å². The van der Waals surface area contributed by atoms with E-state index in [1.165, 1.54) is 0 Å². The first-order valence-corrected chi connectivity index (χ1v) is 13.2. The van der Waals surface area contributed by atoms with Gasteiger partial charge in [0.1, 0.15) is 18.9 Å². The maximum atomic E-state index is 13.7. The molecular formula is C32H35NO5. The largest absolute Gasteiger partial charge is 0.489 e. The average molecular weight is 514 g/mol. The summed E-state index contributed by atoms with van der Waals surface area (Å²) in [6.07, 6.45) is 1.90. The molecule has 3 aliphatic rings. The molecule has 2 aromatic rings. The summed E-state index contributed by atoms with van der Waals surface area (Å²) in [6.45, 7) is 8.36. The molecule has 0 fully saturated rings. The molecule has 2 aliphatic carbocycles. The first kappa shape index (κ1) is 26.0. The second kappa shape index (κ2) is 9.57. The number of hydrogen-bond donors (Lipinski definition) is 1. The molecular weight excluding hydrogens is 478 g/mol. The van der Waals surface area contributed by atoms with Gasteiger partial charge in [-0.1, -0.05) is 70.2 Å². The predicted octanol–water partition coefficient (Wildman–Crippen LogP) is 6.04. The van der Waals surface area contributed by atoms with Crippen LogP contribution in [0.15, 0.2) is 77.1 Å². The van der Waals surface area contributed by atoms with Gasteiger partial charge in [0, 0.05) is 41.3 Å². The van der Waals surface area contributed by atoms with Crippen molar-refractivity contribution in [3.63, 3.8) is 0 Å². The van der Waals surface area contributed by atoms with Crippen molar-refractivity contribution in [2.75, 3.05) is 6.54 Å². The predicted molar refractivity (Wildman–Crippen MR) is 144 cm³/mol. The van der Waals surface area contributed by atoms with Crippen LogP contribution in [-0.4, -0.2) is 34.1 Å². The standard InChI is InChI=1S/C32H35NO5/c1-31(2)14-23-29(25(34)16-31)28(21-10-12-22(13-11-21)38-19-20-8-6-5-7-9-20)30-24(33(23)18-27(36)37)15-32(3,4)17-26(30)35/h5-13,28H,14-19H2,1-4H3,(H,36,37). The zero-order valence-electron chi connectivity index (χ0n) is 22.5. The third kappa shape index (κ3) is 5.04. The fourth-order valence-electron chi connectivity index (χ4n) is 6.20. The normalized spacial score (nSPS) is 20.8. The van der Waals surface area contributed by atoms with Crippen LogP contribution < -0.4 is 4.74 Å². The van der Waals surface area contributed by atoms with Gasteiger partial charge < -0.3 is 14.7 Å². The molecule has 0 saturated heterocycles. The summed E-state index contributed by atoms with van der Waals surface area (Å²) in [5, 5.41) is 9.81. The highest BCUT2D eigenvalue weighted by molar-refractivity contribution is 6.07. The van der Waals surface area contributed by atoms with Crippen molar-refractivity contribution in [2.24, 2.45) is 10.8 Å². The highest BCUT2D eigenvalue weighted by Crippen LogP contribution is 2.54. The van der Waals surface area contributed by atoms with E-state index in [0.29, 0.717) is 49.2 Å². The van der Waals surface area contributed by atoms with E-state index in [0.717, 1.165) is 22.5 Å². The first-order chi connectivity index (χ1) is 17.9. The molecule has 2 aromatic carbocycles. The molecule has 1 heterocycles. The van der Waals surface area contributed by atoms with E-state index in [-0.39, 0.29) is 28.9 Å². The molecule has 6 nitrogen and oxygen atoms in total. The molecule has 198 valence electrons. The summed E-state index contributed by atoms with van der Waals surface area (Å²) in [4.78, 5) is 41.2. The van der Waals surface area contributed by atoms with Crippen molar-refractivity contribution in [3.8, 4) is 5.75 Å². The van der Waals surface area contributed by atoms with Crippen LogP contribution >= 0.6 is 0 Å². The lowest BCUT2D eigenvalue weighted by atomic mass is 9.63. The number of rotatable bonds is 6. The molecule has 0 saturated carbocycles. The SMILES string of the molecule is CC1(C)CC(=O)C2=C(C1)N(CC(=O)O)C1=C(C(=O)CC(C)(C)C1)C2c1ccc(OCc2ccccc2)cc1. The fourth-order valence-corrected chi connectivity index (χ4v) is 6.20. The van der Waals surface area contributed by atoms with E-state index >= 15 is 0 Å². The van der Waals surface area contributed by atoms with Gasteiger partial charge in [0.25, 0.3) is 0 Å². The van der Waals surface area contributed by atoms with Crippen LogP contribution in [0.5, 0.6) is 5.75 Å². The molecule has 1 aliphatic heterocycles. The molecule has 0 radical (unpaired) electrons. The number of ether oxygens (including phenoxy) is 1. The molecule has 0 bridgehead atoms. The van der Waals surface area contributed by atoms with Gasteiger partial charge in [0.2, 0.25) is 0 Å². The van der Waals surface area contributed by atoms with Gasteiger partial charge in [0.15, 0.2) is 11.6 Å². The minimum atomic E-state index is -0.978. The quantitative estimate of drug-likeness (QED) is 0.507. The van der Waals surface area contributed by atoms with Gasteiger partial charge in [-0.15, -0.1) is 0 Å². The molecule has 0 amide bonds. The number of allylic oxidation sites excluding steroid dienone is 4. The molecule has 0 unspecified atom stereocenters. The van der Waals surface area contributed by atoms with Crippen LogP contribution in [0, 0.1) is 10.8 Å². The number of ketones is 2. The van der Waals surface area contributed by atoms with Gasteiger partial charge in [-0.05, 0) is 46.9 Å². The number of Topliss-reactive ketones (excluding diaryl/α,β-unsaturated/α-hetero) is 2. The second-order valence-corrected chi connectivity index (χ2v) is 12.4. The zero-order valence-corrected chi connectivity index (χ0v) is 22.5. The second-order valence-electron chi connectivity index (χ2n) is 12.4. The van der Waals surface area contributed by atoms with Crippen molar-refractivity contribution >= 4 is 17.5 Å². The molecule has 0 spiro atoms. The van der Waals surface area contributed by atoms with E-state index < -0.39 is 11.9 Å². The average Bonchev–Trinajstić information content (AvgIpc) is 2.83. The first-order valence-electron chi connectivity index (χ1n) is 13.2. The maximum absolute atomic E-state index is 13.7. The number of carbonyl (C=O) groups is 3. The lowest BCUT2D eigenvalue weighted by Gasteiger charge is -2.48. The van der Waals surface area contributed by atoms with Gasteiger partial charge >= 0.3 is 5.97 Å². The number of carboxylic acids is 1. The third-order valence-corrected chi connectivity index (χ3v) is 7.78. The van der Waals surface area contributed by atoms with E-state index in [2.05, 4.69) is 0 Å². The molecule has 6 heteroatoms. The van der Waals surface area contributed by atoms with Crippen molar-refractivity contribution in [1.29, 1.82) is 0 Å². The zero-order chi connectivity index (χ0) is 27.2. The summed E-state index contributed by atoms with van der Waals surface area (Å²) >= 11 is 0. The van der Waals surface area contributed by atoms with Gasteiger partial charge in [-0.3, -0.25) is 14.4 Å². The van der Waals surface area contributed by atoms with Gasteiger partial charge in [0.05, 0.1) is 0 Å². The van der Waals surface area contributed by atoms with Crippen LogP contribution in [-0.2, 0) is 21.0 Å². The minimum absolute atomic E-state index is 0.00905. The topological polar surface area (TPSA) is 83.9 Å². The Balaban J connectivity index is 1.59. The van der Waals surface area contributed by atoms with Crippen LogP contribution in [0.1, 0.15) is 70.4 Å². The summed E-state index contributed by atoms with van der Waals surface area (Å²) in [7, 11) is 0. The monoisotopic (exact) mass is 513 g/mol. The Labute approximate surface area is 224 Å². The Morgan fingerprint density at radius 1 is 0.842 bits per heavy atom. The Hall–Kier alpha value is -3.67. The summed E-state index contributed by atoms with van der Waals surface area (Å²) in [5.41, 5.74) is 4.01. The molecule has 0 aromatic heterocycles. The van der Waals surface area contributed by atoms with E-state index in [9.17, 15) is 19.5 Å². The number of carboxylic acid groups (broad SMARTS) is 1. The van der Waals surface area contributed by atoms with E-state index in [1.807, 2.05) is 82.3 Å².